The van der Waals surface area contributed by atoms with Crippen LogP contribution >= 0.6 is 11.8 Å². The summed E-state index contributed by atoms with van der Waals surface area (Å²) in [5.41, 5.74) is 0.641. The lowest BCUT2D eigenvalue weighted by atomic mass is 9.44. The van der Waals surface area contributed by atoms with Gasteiger partial charge in [0.15, 0.2) is 5.82 Å². The molecule has 8 atom stereocenters. The Bertz CT molecular complexity index is 1260. The summed E-state index contributed by atoms with van der Waals surface area (Å²) < 4.78 is 6.31. The molecule has 0 amide bonds. The quantitative estimate of drug-likeness (QED) is 0.266. The summed E-state index contributed by atoms with van der Waals surface area (Å²) in [5, 5.41) is 19.4. The summed E-state index contributed by atoms with van der Waals surface area (Å²) >= 11 is 1.23. The molecule has 8 heteroatoms. The van der Waals surface area contributed by atoms with Gasteiger partial charge < -0.3 is 9.84 Å². The summed E-state index contributed by atoms with van der Waals surface area (Å²) in [6.07, 6.45) is 4.23. The average Bonchev–Trinajstić information content (AvgIpc) is 3.54. The summed E-state index contributed by atoms with van der Waals surface area (Å²) in [5.74, 6) is 0.508. The second kappa shape index (κ2) is 10.2. The van der Waals surface area contributed by atoms with Gasteiger partial charge >= 0.3 is 5.97 Å². The molecule has 7 nitrogen and oxygen atoms in total. The topological polar surface area (TPSA) is 105 Å². The zero-order valence-corrected chi connectivity index (χ0v) is 24.5. The number of aromatic amines is 1. The molecule has 5 rings (SSSR count). The van der Waals surface area contributed by atoms with E-state index >= 15 is 0 Å². The lowest BCUT2D eigenvalue weighted by Crippen LogP contribution is -2.63. The van der Waals surface area contributed by atoms with E-state index in [-0.39, 0.29) is 40.7 Å². The lowest BCUT2D eigenvalue weighted by molar-refractivity contribution is -0.205. The number of aliphatic hydroxyl groups excluding tert-OH is 1. The van der Waals surface area contributed by atoms with Crippen LogP contribution < -0.4 is 0 Å². The van der Waals surface area contributed by atoms with E-state index in [1.807, 2.05) is 44.2 Å². The van der Waals surface area contributed by atoms with E-state index in [1.165, 1.54) is 11.8 Å². The molecule has 39 heavy (non-hydrogen) atoms. The molecule has 0 saturated heterocycles. The number of thioether (sulfide) groups is 1. The van der Waals surface area contributed by atoms with Gasteiger partial charge in [-0.2, -0.15) is 0 Å². The number of hydrogen-bond donors (Lipinski definition) is 2. The zero-order chi connectivity index (χ0) is 28.2. The first-order valence-corrected chi connectivity index (χ1v) is 15.1. The fourth-order valence-corrected chi connectivity index (χ4v) is 8.55. The molecule has 210 valence electrons. The number of aryl methyl sites for hydroxylation is 1. The van der Waals surface area contributed by atoms with Gasteiger partial charge in [-0.3, -0.25) is 14.7 Å². The summed E-state index contributed by atoms with van der Waals surface area (Å²) in [6.45, 7) is 14.6. The number of nitrogens with one attached hydrogen (secondary N) is 1. The van der Waals surface area contributed by atoms with Crippen LogP contribution in [0.5, 0.6) is 0 Å². The maximum Gasteiger partial charge on any atom is 0.316 e. The highest BCUT2D eigenvalue weighted by Crippen LogP contribution is 2.68. The minimum Gasteiger partial charge on any atom is -0.461 e. The number of hydrogen-bond acceptors (Lipinski definition) is 7. The van der Waals surface area contributed by atoms with Crippen molar-refractivity contribution in [2.45, 2.75) is 84.1 Å². The fourth-order valence-electron chi connectivity index (χ4n) is 7.97. The van der Waals surface area contributed by atoms with Gasteiger partial charge in [0, 0.05) is 28.7 Å². The molecule has 1 heterocycles. The van der Waals surface area contributed by atoms with E-state index in [1.54, 1.807) is 0 Å². The molecule has 3 aliphatic rings. The van der Waals surface area contributed by atoms with Gasteiger partial charge in [-0.05, 0) is 49.9 Å². The largest absolute Gasteiger partial charge is 0.461 e. The summed E-state index contributed by atoms with van der Waals surface area (Å²) in [7, 11) is 0. The van der Waals surface area contributed by atoms with Crippen molar-refractivity contribution in [2.24, 2.45) is 34.0 Å². The third-order valence-corrected chi connectivity index (χ3v) is 11.5. The number of ether oxygens (including phenoxy) is 1. The highest BCUT2D eigenvalue weighted by atomic mass is 32.2. The Kier molecular flexibility index (Phi) is 7.34. The van der Waals surface area contributed by atoms with Crippen LogP contribution in [0.25, 0.3) is 11.4 Å². The highest BCUT2D eigenvalue weighted by Gasteiger charge is 2.68. The first-order chi connectivity index (χ1) is 18.4. The number of aliphatic hydroxyl groups is 1. The molecule has 3 aliphatic carbocycles. The molecule has 2 N–H and O–H groups in total. The molecule has 3 saturated carbocycles. The maximum absolute atomic E-state index is 13.5. The van der Waals surface area contributed by atoms with Crippen molar-refractivity contribution in [3.05, 3.63) is 42.5 Å². The molecule has 0 unspecified atom stereocenters. The van der Waals surface area contributed by atoms with Gasteiger partial charge in [0.25, 0.3) is 0 Å². The Labute approximate surface area is 235 Å². The summed E-state index contributed by atoms with van der Waals surface area (Å²) in [4.78, 5) is 31.4. The molecular weight excluding hydrogens is 510 g/mol. The van der Waals surface area contributed by atoms with E-state index in [0.29, 0.717) is 23.8 Å². The van der Waals surface area contributed by atoms with Gasteiger partial charge in [0.05, 0.1) is 11.9 Å². The zero-order valence-electron chi connectivity index (χ0n) is 23.7. The van der Waals surface area contributed by atoms with Crippen LogP contribution in [0.3, 0.4) is 0 Å². The SMILES string of the molecule is C=C[C@]1(C)C[C@@H](OC(=O)CSc2n[nH]c(-c3ccc(C)cc3)n2)[C@]2(C)[C@H](C)CC[C@]3(CCC(=O)[C@H]32)[C@@H](C)[C@@H]1O. The van der Waals surface area contributed by atoms with Crippen molar-refractivity contribution in [1.82, 2.24) is 15.2 Å². The van der Waals surface area contributed by atoms with Crippen LogP contribution in [-0.4, -0.2) is 50.0 Å². The van der Waals surface area contributed by atoms with Crippen LogP contribution in [0.15, 0.2) is 42.1 Å². The second-order valence-electron chi connectivity index (χ2n) is 12.7. The number of nitrogens with zero attached hydrogens (tertiary/aromatic N) is 2. The number of ketones is 1. The average molecular weight is 552 g/mol. The first-order valence-electron chi connectivity index (χ1n) is 14.1. The third kappa shape index (κ3) is 4.57. The lowest BCUT2D eigenvalue weighted by Gasteiger charge is -2.61. The molecule has 2 aromatic rings. The Balaban J connectivity index is 1.39. The fraction of sp³-hybridized carbons (Fsp3) is 0.613. The molecule has 2 bridgehead atoms. The predicted octanol–water partition coefficient (Wildman–Crippen LogP) is 5.78. The smallest absolute Gasteiger partial charge is 0.316 e. The van der Waals surface area contributed by atoms with E-state index < -0.39 is 23.0 Å². The van der Waals surface area contributed by atoms with E-state index in [9.17, 15) is 14.7 Å². The van der Waals surface area contributed by atoms with Crippen molar-refractivity contribution in [3.8, 4) is 11.4 Å². The third-order valence-electron chi connectivity index (χ3n) is 10.7. The Morgan fingerprint density at radius 2 is 1.97 bits per heavy atom. The van der Waals surface area contributed by atoms with E-state index in [0.717, 1.165) is 30.4 Å². The van der Waals surface area contributed by atoms with Crippen LogP contribution in [0, 0.1) is 40.9 Å². The van der Waals surface area contributed by atoms with Crippen molar-refractivity contribution in [3.63, 3.8) is 0 Å². The first kappa shape index (κ1) is 28.1. The van der Waals surface area contributed by atoms with Crippen molar-refractivity contribution >= 4 is 23.5 Å². The van der Waals surface area contributed by atoms with Gasteiger partial charge in [-0.1, -0.05) is 75.4 Å². The molecule has 1 aromatic carbocycles. The minimum absolute atomic E-state index is 0.0514. The molecule has 3 fully saturated rings. The number of esters is 1. The van der Waals surface area contributed by atoms with E-state index in [2.05, 4.69) is 42.5 Å². The van der Waals surface area contributed by atoms with Crippen molar-refractivity contribution in [2.75, 3.05) is 5.75 Å². The molecule has 1 aromatic heterocycles. The number of H-pyrrole nitrogens is 1. The molecule has 0 aliphatic heterocycles. The van der Waals surface area contributed by atoms with Gasteiger partial charge in [0.2, 0.25) is 5.16 Å². The van der Waals surface area contributed by atoms with Crippen LogP contribution in [0.2, 0.25) is 0 Å². The van der Waals surface area contributed by atoms with Crippen molar-refractivity contribution < 1.29 is 19.4 Å². The highest BCUT2D eigenvalue weighted by molar-refractivity contribution is 7.99. The van der Waals surface area contributed by atoms with Gasteiger partial charge in [0.1, 0.15) is 11.9 Å². The monoisotopic (exact) mass is 551 g/mol. The molecule has 0 radical (unpaired) electrons. The van der Waals surface area contributed by atoms with Crippen LogP contribution in [-0.2, 0) is 14.3 Å². The number of benzene rings is 1. The van der Waals surface area contributed by atoms with Crippen LogP contribution in [0.4, 0.5) is 0 Å². The van der Waals surface area contributed by atoms with Gasteiger partial charge in [-0.25, -0.2) is 4.98 Å². The molecular formula is C31H41N3O4S. The van der Waals surface area contributed by atoms with Crippen molar-refractivity contribution in [1.29, 1.82) is 0 Å². The van der Waals surface area contributed by atoms with E-state index in [4.69, 9.17) is 4.74 Å². The number of Topliss-reactive ketones (excluding diaryl/α,β-unsaturated/α-hetero) is 1. The Morgan fingerprint density at radius 3 is 2.67 bits per heavy atom. The van der Waals surface area contributed by atoms with Gasteiger partial charge in [-0.15, -0.1) is 11.7 Å². The molecule has 0 spiro atoms. The second-order valence-corrected chi connectivity index (χ2v) is 13.6. The standard InChI is InChI=1S/C31H41N3O4S/c1-7-29(5)16-23(30(6)19(3)12-14-31(20(4)26(29)37)15-13-22(35)25(30)31)38-24(36)17-39-28-32-27(33-34-28)21-10-8-18(2)9-11-21/h7-11,19-20,23,25-26,37H,1,12-17H2,2-6H3,(H,32,33,34)/t19-,20+,23-,25+,26+,29-,30+,31+/m1/s1. The maximum atomic E-state index is 13.5. The predicted molar refractivity (Wildman–Crippen MR) is 152 cm³/mol. The number of carbonyl (C=O) groups excluding carboxylic acids is 2. The number of aromatic nitrogens is 3. The summed E-state index contributed by atoms with van der Waals surface area (Å²) in [6, 6.07) is 8.00. The Morgan fingerprint density at radius 1 is 1.26 bits per heavy atom. The number of rotatable bonds is 6. The Hall–Kier alpha value is -2.45. The van der Waals surface area contributed by atoms with Crippen LogP contribution in [0.1, 0.15) is 65.4 Å². The minimum atomic E-state index is -0.676. The number of carbonyl (C=O) groups is 2. The normalized spacial score (nSPS) is 38.0.